The van der Waals surface area contributed by atoms with Crippen molar-refractivity contribution in [1.29, 1.82) is 0 Å². The summed E-state index contributed by atoms with van der Waals surface area (Å²) in [7, 11) is 1.71. The number of aryl methyl sites for hydroxylation is 1. The molecular weight excluding hydrogens is 226 g/mol. The highest BCUT2D eigenvalue weighted by molar-refractivity contribution is 5.36. The molecular formula is C15H25NO2. The number of nitrogens with one attached hydrogen (secondary N) is 1. The first-order valence-electron chi connectivity index (χ1n) is 6.58. The average Bonchev–Trinajstić information content (AvgIpc) is 2.33. The molecule has 0 aromatic heterocycles. The van der Waals surface area contributed by atoms with Crippen LogP contribution in [0.25, 0.3) is 0 Å². The summed E-state index contributed by atoms with van der Waals surface area (Å²) in [5, 5.41) is 3.33. The van der Waals surface area contributed by atoms with E-state index in [1.54, 1.807) is 7.11 Å². The quantitative estimate of drug-likeness (QED) is 0.720. The van der Waals surface area contributed by atoms with Gasteiger partial charge in [0.05, 0.1) is 20.3 Å². The van der Waals surface area contributed by atoms with Crippen molar-refractivity contribution in [1.82, 2.24) is 5.32 Å². The molecule has 18 heavy (non-hydrogen) atoms. The maximum Gasteiger partial charge on any atom is 0.122 e. The van der Waals surface area contributed by atoms with E-state index in [0.29, 0.717) is 6.04 Å². The van der Waals surface area contributed by atoms with Gasteiger partial charge in [-0.1, -0.05) is 31.5 Å². The smallest absolute Gasteiger partial charge is 0.122 e. The summed E-state index contributed by atoms with van der Waals surface area (Å²) in [5.41, 5.74) is 2.47. The van der Waals surface area contributed by atoms with Crippen molar-refractivity contribution in [2.24, 2.45) is 0 Å². The van der Waals surface area contributed by atoms with E-state index in [1.165, 1.54) is 11.1 Å². The first-order valence-corrected chi connectivity index (χ1v) is 6.58. The Labute approximate surface area is 110 Å². The Morgan fingerprint density at radius 3 is 2.67 bits per heavy atom. The van der Waals surface area contributed by atoms with Gasteiger partial charge in [-0.25, -0.2) is 0 Å². The van der Waals surface area contributed by atoms with Gasteiger partial charge < -0.3 is 14.8 Å². The van der Waals surface area contributed by atoms with E-state index in [0.717, 1.165) is 31.9 Å². The summed E-state index contributed by atoms with van der Waals surface area (Å²) in [6, 6.07) is 6.76. The minimum Gasteiger partial charge on any atom is -0.496 e. The van der Waals surface area contributed by atoms with Crippen LogP contribution in [0.2, 0.25) is 0 Å². The number of hydrogen-bond donors (Lipinski definition) is 1. The van der Waals surface area contributed by atoms with Crippen LogP contribution in [0.4, 0.5) is 0 Å². The molecule has 0 radical (unpaired) electrons. The Kier molecular flexibility index (Phi) is 6.76. The lowest BCUT2D eigenvalue weighted by molar-refractivity contribution is 0.137. The van der Waals surface area contributed by atoms with Gasteiger partial charge in [-0.3, -0.25) is 0 Å². The maximum absolute atomic E-state index is 5.61. The fourth-order valence-corrected chi connectivity index (χ4v) is 1.81. The molecule has 0 aliphatic carbocycles. The van der Waals surface area contributed by atoms with Crippen LogP contribution in [-0.2, 0) is 11.2 Å². The Balaban J connectivity index is 2.28. The molecule has 0 bridgehead atoms. The van der Waals surface area contributed by atoms with E-state index in [-0.39, 0.29) is 0 Å². The zero-order valence-corrected chi connectivity index (χ0v) is 12.0. The second-order valence-corrected chi connectivity index (χ2v) is 4.79. The maximum atomic E-state index is 5.61. The first kappa shape index (κ1) is 15.0. The lowest BCUT2D eigenvalue weighted by atomic mass is 10.1. The molecule has 1 N–H and O–H groups in total. The molecule has 0 aliphatic rings. The normalized spacial score (nSPS) is 10.9. The SMILES string of the molecule is COc1ccc(C)cc1CCOCCNC(C)C. The summed E-state index contributed by atoms with van der Waals surface area (Å²) in [4.78, 5) is 0. The Morgan fingerprint density at radius 2 is 2.00 bits per heavy atom. The second-order valence-electron chi connectivity index (χ2n) is 4.79. The number of hydrogen-bond acceptors (Lipinski definition) is 3. The Morgan fingerprint density at radius 1 is 1.22 bits per heavy atom. The molecule has 1 rings (SSSR count). The van der Waals surface area contributed by atoms with Crippen molar-refractivity contribution < 1.29 is 9.47 Å². The topological polar surface area (TPSA) is 30.5 Å². The second kappa shape index (κ2) is 8.11. The van der Waals surface area contributed by atoms with Crippen molar-refractivity contribution in [2.75, 3.05) is 26.9 Å². The third-order valence-electron chi connectivity index (χ3n) is 2.75. The van der Waals surface area contributed by atoms with Gasteiger partial charge in [0.25, 0.3) is 0 Å². The van der Waals surface area contributed by atoms with E-state index in [2.05, 4.69) is 38.2 Å². The van der Waals surface area contributed by atoms with Gasteiger partial charge in [0.2, 0.25) is 0 Å². The Bertz CT molecular complexity index is 350. The van der Waals surface area contributed by atoms with Crippen molar-refractivity contribution in [2.45, 2.75) is 33.2 Å². The van der Waals surface area contributed by atoms with Gasteiger partial charge >= 0.3 is 0 Å². The molecule has 1 aromatic carbocycles. The van der Waals surface area contributed by atoms with Crippen molar-refractivity contribution in [3.63, 3.8) is 0 Å². The molecule has 3 nitrogen and oxygen atoms in total. The van der Waals surface area contributed by atoms with E-state index in [9.17, 15) is 0 Å². The van der Waals surface area contributed by atoms with Crippen LogP contribution in [0.15, 0.2) is 18.2 Å². The predicted octanol–water partition coefficient (Wildman–Crippen LogP) is 2.56. The summed E-state index contributed by atoms with van der Waals surface area (Å²) in [5.74, 6) is 0.949. The summed E-state index contributed by atoms with van der Waals surface area (Å²) >= 11 is 0. The summed E-state index contributed by atoms with van der Waals surface area (Å²) in [6.07, 6.45) is 0.895. The van der Waals surface area contributed by atoms with Crippen LogP contribution >= 0.6 is 0 Å². The van der Waals surface area contributed by atoms with Crippen LogP contribution < -0.4 is 10.1 Å². The minimum atomic E-state index is 0.519. The third kappa shape index (κ3) is 5.52. The van der Waals surface area contributed by atoms with Crippen molar-refractivity contribution >= 4 is 0 Å². The first-order chi connectivity index (χ1) is 8.63. The molecule has 0 unspecified atom stereocenters. The van der Waals surface area contributed by atoms with Gasteiger partial charge in [0.15, 0.2) is 0 Å². The van der Waals surface area contributed by atoms with Gasteiger partial charge in [-0.15, -0.1) is 0 Å². The largest absolute Gasteiger partial charge is 0.496 e. The lowest BCUT2D eigenvalue weighted by Crippen LogP contribution is -2.26. The zero-order valence-electron chi connectivity index (χ0n) is 12.0. The molecule has 1 aromatic rings. The monoisotopic (exact) mass is 251 g/mol. The summed E-state index contributed by atoms with van der Waals surface area (Å²) in [6.45, 7) is 8.76. The van der Waals surface area contributed by atoms with Gasteiger partial charge in [0.1, 0.15) is 5.75 Å². The van der Waals surface area contributed by atoms with E-state index < -0.39 is 0 Å². The third-order valence-corrected chi connectivity index (χ3v) is 2.75. The van der Waals surface area contributed by atoms with Crippen molar-refractivity contribution in [3.05, 3.63) is 29.3 Å². The fraction of sp³-hybridized carbons (Fsp3) is 0.600. The van der Waals surface area contributed by atoms with E-state index in [1.807, 2.05) is 6.07 Å². The Hall–Kier alpha value is -1.06. The van der Waals surface area contributed by atoms with Crippen LogP contribution in [-0.4, -0.2) is 32.9 Å². The molecule has 0 atom stereocenters. The molecule has 0 aliphatic heterocycles. The number of ether oxygens (including phenoxy) is 2. The molecule has 0 heterocycles. The highest BCUT2D eigenvalue weighted by Gasteiger charge is 2.03. The van der Waals surface area contributed by atoms with Gasteiger partial charge in [-0.05, 0) is 25.0 Å². The molecule has 0 amide bonds. The number of methoxy groups -OCH3 is 1. The summed E-state index contributed by atoms with van der Waals surface area (Å²) < 4.78 is 11.0. The lowest BCUT2D eigenvalue weighted by Gasteiger charge is -2.11. The molecule has 0 spiro atoms. The molecule has 0 saturated carbocycles. The highest BCUT2D eigenvalue weighted by Crippen LogP contribution is 2.19. The fourth-order valence-electron chi connectivity index (χ4n) is 1.81. The molecule has 0 saturated heterocycles. The predicted molar refractivity (Wildman–Crippen MR) is 75.4 cm³/mol. The zero-order chi connectivity index (χ0) is 13.4. The standard InChI is InChI=1S/C15H25NO2/c1-12(2)16-8-10-18-9-7-14-11-13(3)5-6-15(14)17-4/h5-6,11-12,16H,7-10H2,1-4H3. The minimum absolute atomic E-state index is 0.519. The van der Waals surface area contributed by atoms with E-state index in [4.69, 9.17) is 9.47 Å². The molecule has 3 heteroatoms. The van der Waals surface area contributed by atoms with Crippen LogP contribution in [0.1, 0.15) is 25.0 Å². The highest BCUT2D eigenvalue weighted by atomic mass is 16.5. The number of rotatable bonds is 8. The van der Waals surface area contributed by atoms with Gasteiger partial charge in [0, 0.05) is 12.6 Å². The van der Waals surface area contributed by atoms with Crippen molar-refractivity contribution in [3.8, 4) is 5.75 Å². The number of benzene rings is 1. The van der Waals surface area contributed by atoms with Crippen LogP contribution in [0.3, 0.4) is 0 Å². The van der Waals surface area contributed by atoms with E-state index >= 15 is 0 Å². The molecule has 0 fully saturated rings. The van der Waals surface area contributed by atoms with Crippen LogP contribution in [0, 0.1) is 6.92 Å². The average molecular weight is 251 g/mol. The van der Waals surface area contributed by atoms with Gasteiger partial charge in [-0.2, -0.15) is 0 Å². The molecule has 102 valence electrons. The van der Waals surface area contributed by atoms with Crippen LogP contribution in [0.5, 0.6) is 5.75 Å².